The summed E-state index contributed by atoms with van der Waals surface area (Å²) in [6, 6.07) is 14.5. The summed E-state index contributed by atoms with van der Waals surface area (Å²) < 4.78 is 0. The number of hydrogen-bond acceptors (Lipinski definition) is 5. The molecule has 1 aromatic heterocycles. The summed E-state index contributed by atoms with van der Waals surface area (Å²) in [6.45, 7) is 0. The second-order valence-electron chi connectivity index (χ2n) is 9.75. The fourth-order valence-electron chi connectivity index (χ4n) is 5.19. The maximum Gasteiger partial charge on any atom is 0.319 e. The van der Waals surface area contributed by atoms with Crippen molar-refractivity contribution in [1.82, 2.24) is 15.3 Å². The minimum absolute atomic E-state index is 0.139. The monoisotopic (exact) mass is 458 g/mol. The van der Waals surface area contributed by atoms with E-state index in [0.29, 0.717) is 6.04 Å². The van der Waals surface area contributed by atoms with Crippen LogP contribution in [0, 0.1) is 0 Å². The van der Waals surface area contributed by atoms with Gasteiger partial charge in [-0.1, -0.05) is 30.3 Å². The maximum absolute atomic E-state index is 12.6. The van der Waals surface area contributed by atoms with E-state index >= 15 is 0 Å². The quantitative estimate of drug-likeness (QED) is 0.494. The van der Waals surface area contributed by atoms with E-state index in [4.69, 9.17) is 9.97 Å². The second-order valence-corrected chi connectivity index (χ2v) is 9.75. The van der Waals surface area contributed by atoms with Gasteiger partial charge in [0.2, 0.25) is 5.95 Å². The molecular weight excluding hydrogens is 424 g/mol. The number of aromatic nitrogens is 2. The van der Waals surface area contributed by atoms with Gasteiger partial charge >= 0.3 is 6.03 Å². The van der Waals surface area contributed by atoms with Crippen molar-refractivity contribution in [3.05, 3.63) is 53.7 Å². The largest absolute Gasteiger partial charge is 0.362 e. The van der Waals surface area contributed by atoms with E-state index in [0.717, 1.165) is 61.4 Å². The van der Waals surface area contributed by atoms with Gasteiger partial charge in [0.15, 0.2) is 0 Å². The fourth-order valence-corrected chi connectivity index (χ4v) is 5.19. The first-order valence-electron chi connectivity index (χ1n) is 12.4. The predicted molar refractivity (Wildman–Crippen MR) is 139 cm³/mol. The third-order valence-electron chi connectivity index (χ3n) is 6.99. The number of urea groups is 1. The number of carbonyl (C=O) groups is 1. The summed E-state index contributed by atoms with van der Waals surface area (Å²) in [4.78, 5) is 24.4. The number of benzene rings is 2. The first kappa shape index (κ1) is 22.4. The summed E-state index contributed by atoms with van der Waals surface area (Å²) in [5.41, 5.74) is 3.33. The molecule has 5 rings (SSSR count). The van der Waals surface area contributed by atoms with Crippen molar-refractivity contribution in [1.29, 1.82) is 0 Å². The molecule has 2 amide bonds. The predicted octanol–water partition coefficient (Wildman–Crippen LogP) is 5.12. The molecule has 7 nitrogen and oxygen atoms in total. The summed E-state index contributed by atoms with van der Waals surface area (Å²) in [6.07, 6.45) is 8.38. The average molecular weight is 459 g/mol. The van der Waals surface area contributed by atoms with Gasteiger partial charge in [-0.3, -0.25) is 0 Å². The lowest BCUT2D eigenvalue weighted by Gasteiger charge is -2.30. The first-order chi connectivity index (χ1) is 16.5. The highest BCUT2D eigenvalue weighted by Gasteiger charge is 2.25. The molecule has 178 valence electrons. The molecule has 7 heteroatoms. The van der Waals surface area contributed by atoms with Crippen LogP contribution in [0.4, 0.5) is 22.2 Å². The highest BCUT2D eigenvalue weighted by Crippen LogP contribution is 2.29. The van der Waals surface area contributed by atoms with Crippen molar-refractivity contribution in [2.75, 3.05) is 29.6 Å². The van der Waals surface area contributed by atoms with Crippen molar-refractivity contribution in [3.8, 4) is 0 Å². The number of aryl methyl sites for hydroxylation is 1. The van der Waals surface area contributed by atoms with Gasteiger partial charge < -0.3 is 20.9 Å². The van der Waals surface area contributed by atoms with Gasteiger partial charge in [-0.25, -0.2) is 9.78 Å². The molecule has 0 unspecified atom stereocenters. The van der Waals surface area contributed by atoms with Crippen molar-refractivity contribution < 1.29 is 4.79 Å². The zero-order valence-electron chi connectivity index (χ0n) is 20.1. The molecule has 2 aliphatic rings. The Morgan fingerprint density at radius 1 is 0.912 bits per heavy atom. The smallest absolute Gasteiger partial charge is 0.319 e. The van der Waals surface area contributed by atoms with E-state index in [-0.39, 0.29) is 12.1 Å². The van der Waals surface area contributed by atoms with Gasteiger partial charge in [0, 0.05) is 37.4 Å². The zero-order valence-corrected chi connectivity index (χ0v) is 20.1. The normalized spacial score (nSPS) is 19.8. The minimum atomic E-state index is -0.139. The van der Waals surface area contributed by atoms with Crippen LogP contribution in [-0.4, -0.2) is 42.2 Å². The number of fused-ring (bicyclic) bond motifs is 2. The molecule has 34 heavy (non-hydrogen) atoms. The Morgan fingerprint density at radius 3 is 2.44 bits per heavy atom. The summed E-state index contributed by atoms with van der Waals surface area (Å²) >= 11 is 0. The maximum atomic E-state index is 12.6. The summed E-state index contributed by atoms with van der Waals surface area (Å²) in [7, 11) is 4.11. The molecule has 3 aromatic rings. The molecular formula is C27H34N6O. The number of rotatable bonds is 5. The van der Waals surface area contributed by atoms with Gasteiger partial charge in [-0.05, 0) is 74.3 Å². The lowest BCUT2D eigenvalue weighted by atomic mass is 9.91. The Labute approximate surface area is 201 Å². The summed E-state index contributed by atoms with van der Waals surface area (Å²) in [5, 5.41) is 12.0. The Balaban J connectivity index is 1.14. The molecule has 0 atom stereocenters. The van der Waals surface area contributed by atoms with Crippen molar-refractivity contribution in [3.63, 3.8) is 0 Å². The average Bonchev–Trinajstić information content (AvgIpc) is 2.84. The van der Waals surface area contributed by atoms with Crippen LogP contribution in [0.15, 0.2) is 42.5 Å². The highest BCUT2D eigenvalue weighted by atomic mass is 16.2. The molecule has 2 aliphatic carbocycles. The molecule has 0 radical (unpaired) electrons. The number of amides is 2. The molecule has 0 aliphatic heterocycles. The van der Waals surface area contributed by atoms with Crippen LogP contribution in [0.25, 0.3) is 10.8 Å². The molecule has 1 fully saturated rings. The summed E-state index contributed by atoms with van der Waals surface area (Å²) in [5.74, 6) is 1.79. The molecule has 0 saturated heterocycles. The Bertz CT molecular complexity index is 1170. The van der Waals surface area contributed by atoms with E-state index in [1.807, 2.05) is 30.3 Å². The highest BCUT2D eigenvalue weighted by molar-refractivity contribution is 5.93. The van der Waals surface area contributed by atoms with Crippen molar-refractivity contribution in [2.24, 2.45) is 0 Å². The number of nitrogens with one attached hydrogen (secondary N) is 3. The third-order valence-corrected chi connectivity index (χ3v) is 6.99. The van der Waals surface area contributed by atoms with Crippen LogP contribution in [-0.2, 0) is 12.8 Å². The lowest BCUT2D eigenvalue weighted by Crippen LogP contribution is -2.42. The van der Waals surface area contributed by atoms with Gasteiger partial charge in [0.1, 0.15) is 5.82 Å². The van der Waals surface area contributed by atoms with Gasteiger partial charge in [0.05, 0.1) is 5.69 Å². The van der Waals surface area contributed by atoms with Crippen LogP contribution in [0.1, 0.15) is 49.8 Å². The van der Waals surface area contributed by atoms with E-state index in [9.17, 15) is 4.79 Å². The van der Waals surface area contributed by atoms with E-state index < -0.39 is 0 Å². The van der Waals surface area contributed by atoms with E-state index in [1.165, 1.54) is 29.5 Å². The van der Waals surface area contributed by atoms with Crippen LogP contribution in [0.5, 0.6) is 0 Å². The molecule has 1 saturated carbocycles. The molecule has 1 heterocycles. The Kier molecular flexibility index (Phi) is 6.52. The van der Waals surface area contributed by atoms with Crippen molar-refractivity contribution >= 4 is 34.3 Å². The lowest BCUT2D eigenvalue weighted by molar-refractivity contribution is 0.243. The SMILES string of the molecule is CN(C)c1nc(NC2CCC(NC(=O)Nc3ccc4ccccc4c3)CC2)nc2c1CCCC2. The number of anilines is 3. The molecule has 0 spiro atoms. The van der Waals surface area contributed by atoms with Crippen molar-refractivity contribution in [2.45, 2.75) is 63.5 Å². The fraction of sp³-hybridized carbons (Fsp3) is 0.444. The Hall–Kier alpha value is -3.35. The van der Waals surface area contributed by atoms with Gasteiger partial charge in [-0.15, -0.1) is 0 Å². The standard InChI is InChI=1S/C27H34N6O/c1-33(2)25-23-9-5-6-10-24(23)31-26(32-25)28-20-13-15-21(16-14-20)29-27(34)30-22-12-11-18-7-3-4-8-19(18)17-22/h3-4,7-8,11-12,17,20-21H,5-6,9-10,13-16H2,1-2H3,(H,28,31,32)(H2,29,30,34). The van der Waals surface area contributed by atoms with E-state index in [1.54, 1.807) is 0 Å². The number of nitrogens with zero attached hydrogens (tertiary/aromatic N) is 3. The molecule has 3 N–H and O–H groups in total. The van der Waals surface area contributed by atoms with Crippen LogP contribution in [0.3, 0.4) is 0 Å². The number of hydrogen-bond donors (Lipinski definition) is 3. The van der Waals surface area contributed by atoms with Crippen LogP contribution in [0.2, 0.25) is 0 Å². The molecule has 0 bridgehead atoms. The van der Waals surface area contributed by atoms with Gasteiger partial charge in [0.25, 0.3) is 0 Å². The second kappa shape index (κ2) is 9.87. The topological polar surface area (TPSA) is 82.2 Å². The number of carbonyl (C=O) groups excluding carboxylic acids is 1. The van der Waals surface area contributed by atoms with Crippen LogP contribution < -0.4 is 20.9 Å². The minimum Gasteiger partial charge on any atom is -0.362 e. The van der Waals surface area contributed by atoms with Crippen LogP contribution >= 0.6 is 0 Å². The first-order valence-corrected chi connectivity index (χ1v) is 12.4. The third kappa shape index (κ3) is 5.08. The Morgan fingerprint density at radius 2 is 1.65 bits per heavy atom. The molecule has 2 aromatic carbocycles. The van der Waals surface area contributed by atoms with E-state index in [2.05, 4.69) is 47.1 Å². The zero-order chi connectivity index (χ0) is 23.5. The van der Waals surface area contributed by atoms with Gasteiger partial charge in [-0.2, -0.15) is 4.98 Å².